The van der Waals surface area contributed by atoms with Crippen molar-refractivity contribution in [1.82, 2.24) is 15.1 Å². The van der Waals surface area contributed by atoms with E-state index in [1.807, 2.05) is 41.2 Å². The lowest BCUT2D eigenvalue weighted by molar-refractivity contribution is -0.124. The molecule has 4 rings (SSSR count). The Hall–Kier alpha value is -2.28. The minimum absolute atomic E-state index is 0.0270. The first-order valence-electron chi connectivity index (χ1n) is 8.07. The molecule has 2 aromatic rings. The van der Waals surface area contributed by atoms with Crippen molar-refractivity contribution < 1.29 is 9.59 Å². The van der Waals surface area contributed by atoms with E-state index in [0.717, 1.165) is 23.5 Å². The maximum Gasteiger partial charge on any atom is 0.257 e. The molecule has 1 unspecified atom stereocenters. The average Bonchev–Trinajstić information content (AvgIpc) is 3.28. The van der Waals surface area contributed by atoms with Crippen LogP contribution in [-0.2, 0) is 16.1 Å². The van der Waals surface area contributed by atoms with E-state index in [0.29, 0.717) is 19.4 Å². The number of hydrogen-bond donors (Lipinski definition) is 1. The van der Waals surface area contributed by atoms with Gasteiger partial charge >= 0.3 is 0 Å². The first kappa shape index (κ1) is 15.3. The zero-order valence-electron chi connectivity index (χ0n) is 13.1. The van der Waals surface area contributed by atoms with E-state index >= 15 is 0 Å². The van der Waals surface area contributed by atoms with Gasteiger partial charge in [-0.25, -0.2) is 0 Å². The molecule has 0 aliphatic carbocycles. The molecule has 1 N–H and O–H groups in total. The Morgan fingerprint density at radius 3 is 3.04 bits per heavy atom. The third-order valence-corrected chi connectivity index (χ3v) is 5.91. The quantitative estimate of drug-likeness (QED) is 0.844. The van der Waals surface area contributed by atoms with Crippen LogP contribution in [0.1, 0.15) is 19.3 Å². The van der Waals surface area contributed by atoms with Gasteiger partial charge in [0.2, 0.25) is 5.91 Å². The molecule has 1 aromatic carbocycles. The largest absolute Gasteiger partial charge is 0.353 e. The number of nitrogens with zero attached hydrogens (tertiary/aromatic N) is 3. The molecule has 2 aliphatic rings. The number of amides is 2. The Morgan fingerprint density at radius 1 is 1.33 bits per heavy atom. The predicted octanol–water partition coefficient (Wildman–Crippen LogP) is 2.02. The second-order valence-corrected chi connectivity index (χ2v) is 7.28. The number of aromatic nitrogens is 2. The minimum atomic E-state index is -0.813. The van der Waals surface area contributed by atoms with Crippen LogP contribution in [0.25, 0.3) is 0 Å². The lowest BCUT2D eigenvalue weighted by Crippen LogP contribution is -2.52. The Morgan fingerprint density at radius 2 is 2.21 bits per heavy atom. The highest BCUT2D eigenvalue weighted by molar-refractivity contribution is 8.02. The van der Waals surface area contributed by atoms with E-state index in [1.54, 1.807) is 11.1 Å². The molecule has 3 heterocycles. The molecule has 6 nitrogen and oxygen atoms in total. The van der Waals surface area contributed by atoms with Crippen LogP contribution < -0.4 is 10.2 Å². The van der Waals surface area contributed by atoms with E-state index < -0.39 is 4.87 Å². The molecule has 1 aromatic heterocycles. The number of nitrogens with one attached hydrogen (secondary N) is 1. The number of fused-ring (bicyclic) bond motifs is 3. The van der Waals surface area contributed by atoms with Crippen LogP contribution in [0.2, 0.25) is 0 Å². The number of benzene rings is 1. The lowest BCUT2D eigenvalue weighted by atomic mass is 10.2. The SMILES string of the molecule is O=C1CCC2(C(=O)NCCCn3cccn3)Sc3ccccc3N12. The van der Waals surface area contributed by atoms with Crippen molar-refractivity contribution in [2.75, 3.05) is 11.4 Å². The molecule has 1 saturated heterocycles. The number of aryl methyl sites for hydroxylation is 1. The summed E-state index contributed by atoms with van der Waals surface area (Å²) in [5.74, 6) is -0.0471. The first-order valence-corrected chi connectivity index (χ1v) is 8.89. The summed E-state index contributed by atoms with van der Waals surface area (Å²) in [4.78, 5) is 27.1. The first-order chi connectivity index (χ1) is 11.7. The zero-order chi connectivity index (χ0) is 16.6. The monoisotopic (exact) mass is 342 g/mol. The van der Waals surface area contributed by atoms with Crippen molar-refractivity contribution in [2.45, 2.75) is 35.6 Å². The molecule has 24 heavy (non-hydrogen) atoms. The predicted molar refractivity (Wildman–Crippen MR) is 91.6 cm³/mol. The topological polar surface area (TPSA) is 67.2 Å². The summed E-state index contributed by atoms with van der Waals surface area (Å²) in [6.45, 7) is 1.33. The highest BCUT2D eigenvalue weighted by Gasteiger charge is 2.57. The summed E-state index contributed by atoms with van der Waals surface area (Å²) in [6, 6.07) is 9.61. The van der Waals surface area contributed by atoms with Gasteiger partial charge < -0.3 is 5.32 Å². The molecular formula is C17H18N4O2S. The molecular weight excluding hydrogens is 324 g/mol. The molecule has 1 fully saturated rings. The van der Waals surface area contributed by atoms with Crippen LogP contribution in [-0.4, -0.2) is 33.0 Å². The van der Waals surface area contributed by atoms with Crippen molar-refractivity contribution in [3.63, 3.8) is 0 Å². The molecule has 0 radical (unpaired) electrons. The lowest BCUT2D eigenvalue weighted by Gasteiger charge is -2.29. The fourth-order valence-electron chi connectivity index (χ4n) is 3.31. The normalized spacial score (nSPS) is 21.7. The third kappa shape index (κ3) is 2.39. The van der Waals surface area contributed by atoms with Gasteiger partial charge in [-0.2, -0.15) is 5.10 Å². The Bertz CT molecular complexity index is 777. The van der Waals surface area contributed by atoms with Gasteiger partial charge in [-0.1, -0.05) is 23.9 Å². The molecule has 124 valence electrons. The number of rotatable bonds is 5. The van der Waals surface area contributed by atoms with E-state index in [-0.39, 0.29) is 11.8 Å². The smallest absolute Gasteiger partial charge is 0.257 e. The second kappa shape index (κ2) is 5.98. The van der Waals surface area contributed by atoms with Gasteiger partial charge in [-0.05, 0) is 31.0 Å². The Kier molecular flexibility index (Phi) is 3.80. The van der Waals surface area contributed by atoms with Gasteiger partial charge in [0.15, 0.2) is 4.87 Å². The van der Waals surface area contributed by atoms with Gasteiger partial charge in [0.1, 0.15) is 0 Å². The summed E-state index contributed by atoms with van der Waals surface area (Å²) in [7, 11) is 0. The standard InChI is InChI=1S/C17H18N4O2S/c22-15-7-8-17(21(15)13-5-1-2-6-14(13)24-17)16(23)18-9-3-11-20-12-4-10-19-20/h1-2,4-6,10,12H,3,7-9,11H2,(H,18,23). The average molecular weight is 342 g/mol. The zero-order valence-corrected chi connectivity index (χ0v) is 14.0. The van der Waals surface area contributed by atoms with Crippen LogP contribution in [0.4, 0.5) is 5.69 Å². The molecule has 0 spiro atoms. The van der Waals surface area contributed by atoms with Gasteiger partial charge in [0.25, 0.3) is 5.91 Å². The summed E-state index contributed by atoms with van der Waals surface area (Å²) in [5.41, 5.74) is 0.858. The molecule has 2 aliphatic heterocycles. The maximum atomic E-state index is 12.9. The van der Waals surface area contributed by atoms with Gasteiger partial charge in [0.05, 0.1) is 5.69 Å². The van der Waals surface area contributed by atoms with Gasteiger partial charge in [-0.15, -0.1) is 0 Å². The number of para-hydroxylation sites is 1. The second-order valence-electron chi connectivity index (χ2n) is 5.96. The number of anilines is 1. The van der Waals surface area contributed by atoms with Crippen LogP contribution >= 0.6 is 11.8 Å². The minimum Gasteiger partial charge on any atom is -0.353 e. The summed E-state index contributed by atoms with van der Waals surface area (Å²) in [5, 5.41) is 7.16. The Labute approximate surface area is 144 Å². The fourth-order valence-corrected chi connectivity index (χ4v) is 4.75. The molecule has 0 bridgehead atoms. The van der Waals surface area contributed by atoms with Crippen molar-refractivity contribution >= 4 is 29.3 Å². The van der Waals surface area contributed by atoms with Gasteiger partial charge in [-0.3, -0.25) is 19.2 Å². The molecule has 0 saturated carbocycles. The molecule has 7 heteroatoms. The van der Waals surface area contributed by atoms with Crippen molar-refractivity contribution in [1.29, 1.82) is 0 Å². The highest BCUT2D eigenvalue weighted by Crippen LogP contribution is 2.55. The van der Waals surface area contributed by atoms with Crippen LogP contribution in [0.5, 0.6) is 0 Å². The third-order valence-electron chi connectivity index (χ3n) is 4.44. The van der Waals surface area contributed by atoms with Crippen molar-refractivity contribution in [3.05, 3.63) is 42.7 Å². The van der Waals surface area contributed by atoms with Gasteiger partial charge in [0, 0.05) is 36.8 Å². The summed E-state index contributed by atoms with van der Waals surface area (Å²) >= 11 is 1.50. The fraction of sp³-hybridized carbons (Fsp3) is 0.353. The molecule has 1 atom stereocenters. The number of hydrogen-bond acceptors (Lipinski definition) is 4. The highest BCUT2D eigenvalue weighted by atomic mass is 32.2. The van der Waals surface area contributed by atoms with E-state index in [2.05, 4.69) is 10.4 Å². The van der Waals surface area contributed by atoms with Crippen LogP contribution in [0.15, 0.2) is 47.6 Å². The maximum absolute atomic E-state index is 12.9. The van der Waals surface area contributed by atoms with Crippen molar-refractivity contribution in [2.24, 2.45) is 0 Å². The summed E-state index contributed by atoms with van der Waals surface area (Å²) < 4.78 is 1.84. The van der Waals surface area contributed by atoms with E-state index in [4.69, 9.17) is 0 Å². The number of carbonyl (C=O) groups excluding carboxylic acids is 2. The van der Waals surface area contributed by atoms with Crippen LogP contribution in [0, 0.1) is 0 Å². The number of thioether (sulfide) groups is 1. The van der Waals surface area contributed by atoms with E-state index in [9.17, 15) is 9.59 Å². The van der Waals surface area contributed by atoms with Crippen LogP contribution in [0.3, 0.4) is 0 Å². The van der Waals surface area contributed by atoms with Crippen molar-refractivity contribution in [3.8, 4) is 0 Å². The number of carbonyl (C=O) groups is 2. The van der Waals surface area contributed by atoms with E-state index in [1.165, 1.54) is 11.8 Å². The Balaban J connectivity index is 1.44. The summed E-state index contributed by atoms with van der Waals surface area (Å²) in [6.07, 6.45) is 5.42. The molecule has 2 amide bonds.